The summed E-state index contributed by atoms with van der Waals surface area (Å²) in [5, 5.41) is 0.200. The van der Waals surface area contributed by atoms with E-state index in [1.807, 2.05) is 24.3 Å². The summed E-state index contributed by atoms with van der Waals surface area (Å²) in [5.74, 6) is 0. The highest BCUT2D eigenvalue weighted by Gasteiger charge is 2.08. The van der Waals surface area contributed by atoms with Gasteiger partial charge in [0.15, 0.2) is 9.84 Å². The Bertz CT molecular complexity index is 742. The van der Waals surface area contributed by atoms with Crippen molar-refractivity contribution in [3.63, 3.8) is 0 Å². The van der Waals surface area contributed by atoms with Crippen LogP contribution in [0.15, 0.2) is 46.4 Å². The zero-order chi connectivity index (χ0) is 16.2. The number of anilines is 1. The molecule has 0 radical (unpaired) electrons. The first-order chi connectivity index (χ1) is 10.4. The number of nitrogens with one attached hydrogen (secondary N) is 1. The van der Waals surface area contributed by atoms with Crippen LogP contribution in [0.2, 0.25) is 0 Å². The van der Waals surface area contributed by atoms with E-state index in [0.717, 1.165) is 18.8 Å². The minimum Gasteiger partial charge on any atom is -0.372 e. The number of hydrogen-bond donors (Lipinski definition) is 1. The maximum Gasteiger partial charge on any atom is 0.190 e. The Labute approximate surface area is 131 Å². The molecule has 1 aromatic carbocycles. The topological polar surface area (TPSA) is 65.5 Å². The van der Waals surface area contributed by atoms with Crippen LogP contribution in [0.4, 0.5) is 11.4 Å². The highest BCUT2D eigenvalue weighted by atomic mass is 32.2. The molecule has 1 aromatic heterocycles. The predicted molar refractivity (Wildman–Crippen MR) is 91.2 cm³/mol. The molecule has 1 heterocycles. The monoisotopic (exact) mass is 319 g/mol. The number of H-pyrrole nitrogens is 1. The summed E-state index contributed by atoms with van der Waals surface area (Å²) in [6.45, 7) is 6.19. The number of nitrogens with zero attached hydrogens (tertiary/aromatic N) is 2. The second-order valence-corrected chi connectivity index (χ2v) is 6.98. The minimum absolute atomic E-state index is 0.200. The lowest BCUT2D eigenvalue weighted by molar-refractivity contribution is 0.599. The van der Waals surface area contributed by atoms with Crippen LogP contribution >= 0.6 is 0 Å². The molecular formula is C16H21N3O2S. The SMILES string of the molecule is CCN(CC)c1ccc(N=Cc2ccc(S(C)(=O)=O)[nH]2)cc1. The van der Waals surface area contributed by atoms with Gasteiger partial charge in [0.05, 0.1) is 17.6 Å². The predicted octanol–water partition coefficient (Wildman–Crippen LogP) is 3.02. The van der Waals surface area contributed by atoms with Crippen LogP contribution in [0.3, 0.4) is 0 Å². The van der Waals surface area contributed by atoms with E-state index in [2.05, 4.69) is 28.7 Å². The molecule has 1 N–H and O–H groups in total. The first-order valence-electron chi connectivity index (χ1n) is 7.22. The standard InChI is InChI=1S/C16H21N3O2S/c1-4-19(5-2)15-9-6-13(7-10-15)17-12-14-8-11-16(18-14)22(3,20)21/h6-12,18H,4-5H2,1-3H3. The molecule has 0 spiro atoms. The van der Waals surface area contributed by atoms with Crippen molar-refractivity contribution >= 4 is 27.4 Å². The van der Waals surface area contributed by atoms with Gasteiger partial charge >= 0.3 is 0 Å². The lowest BCUT2D eigenvalue weighted by Crippen LogP contribution is -2.21. The van der Waals surface area contributed by atoms with Gasteiger partial charge in [0.1, 0.15) is 5.03 Å². The van der Waals surface area contributed by atoms with Crippen molar-refractivity contribution in [3.8, 4) is 0 Å². The summed E-state index contributed by atoms with van der Waals surface area (Å²) in [6, 6.07) is 11.2. The van der Waals surface area contributed by atoms with Crippen LogP contribution in [-0.2, 0) is 9.84 Å². The van der Waals surface area contributed by atoms with Crippen molar-refractivity contribution in [2.75, 3.05) is 24.2 Å². The molecule has 0 aliphatic heterocycles. The Hall–Kier alpha value is -2.08. The first-order valence-corrected chi connectivity index (χ1v) is 9.11. The zero-order valence-corrected chi connectivity index (χ0v) is 13.9. The summed E-state index contributed by atoms with van der Waals surface area (Å²) in [5.41, 5.74) is 2.66. The van der Waals surface area contributed by atoms with Gasteiger partial charge in [-0.1, -0.05) is 0 Å². The van der Waals surface area contributed by atoms with Crippen LogP contribution < -0.4 is 4.90 Å². The Morgan fingerprint density at radius 3 is 2.23 bits per heavy atom. The molecule has 0 amide bonds. The summed E-state index contributed by atoms with van der Waals surface area (Å²) in [6.07, 6.45) is 2.80. The van der Waals surface area contributed by atoms with Gasteiger partial charge in [-0.3, -0.25) is 4.99 Å². The van der Waals surface area contributed by atoms with E-state index >= 15 is 0 Å². The number of hydrogen-bond acceptors (Lipinski definition) is 4. The first kappa shape index (κ1) is 16.3. The van der Waals surface area contributed by atoms with Gasteiger partial charge in [-0.15, -0.1) is 0 Å². The van der Waals surface area contributed by atoms with Crippen molar-refractivity contribution in [1.82, 2.24) is 4.98 Å². The van der Waals surface area contributed by atoms with Gasteiger partial charge in [0.2, 0.25) is 0 Å². The van der Waals surface area contributed by atoms with Gasteiger partial charge in [0, 0.05) is 25.0 Å². The van der Waals surface area contributed by atoms with Crippen molar-refractivity contribution < 1.29 is 8.42 Å². The maximum absolute atomic E-state index is 11.4. The molecule has 0 saturated heterocycles. The van der Waals surface area contributed by atoms with Gasteiger partial charge in [-0.05, 0) is 50.2 Å². The molecule has 0 unspecified atom stereocenters. The number of aromatic nitrogens is 1. The van der Waals surface area contributed by atoms with Crippen LogP contribution in [0.1, 0.15) is 19.5 Å². The van der Waals surface area contributed by atoms with Crippen molar-refractivity contribution in [3.05, 3.63) is 42.1 Å². The molecule has 0 atom stereocenters. The molecule has 0 aliphatic rings. The van der Waals surface area contributed by atoms with Crippen LogP contribution in [0, 0.1) is 0 Å². The van der Waals surface area contributed by atoms with E-state index in [9.17, 15) is 8.42 Å². The summed E-state index contributed by atoms with van der Waals surface area (Å²) in [4.78, 5) is 9.44. The second-order valence-electron chi connectivity index (χ2n) is 5.00. The fourth-order valence-electron chi connectivity index (χ4n) is 2.17. The van der Waals surface area contributed by atoms with E-state index < -0.39 is 9.84 Å². The molecule has 0 aliphatic carbocycles. The number of rotatable bonds is 6. The molecule has 0 saturated carbocycles. The molecule has 5 nitrogen and oxygen atoms in total. The van der Waals surface area contributed by atoms with Crippen LogP contribution in [0.5, 0.6) is 0 Å². The van der Waals surface area contributed by atoms with E-state index in [1.165, 1.54) is 11.9 Å². The summed E-state index contributed by atoms with van der Waals surface area (Å²) >= 11 is 0. The fourth-order valence-corrected chi connectivity index (χ4v) is 2.78. The van der Waals surface area contributed by atoms with E-state index in [-0.39, 0.29) is 5.03 Å². The van der Waals surface area contributed by atoms with Gasteiger partial charge < -0.3 is 9.88 Å². The Kier molecular flexibility index (Phi) is 5.03. The van der Waals surface area contributed by atoms with Crippen molar-refractivity contribution in [2.45, 2.75) is 18.9 Å². The lowest BCUT2D eigenvalue weighted by Gasteiger charge is -2.20. The maximum atomic E-state index is 11.4. The highest BCUT2D eigenvalue weighted by Crippen LogP contribution is 2.19. The molecule has 0 bridgehead atoms. The third-order valence-electron chi connectivity index (χ3n) is 3.41. The molecule has 0 fully saturated rings. The minimum atomic E-state index is -3.21. The van der Waals surface area contributed by atoms with Crippen molar-refractivity contribution in [1.29, 1.82) is 0 Å². The molecule has 6 heteroatoms. The Balaban J connectivity index is 2.12. The van der Waals surface area contributed by atoms with E-state index in [0.29, 0.717) is 5.69 Å². The zero-order valence-electron chi connectivity index (χ0n) is 13.1. The molecule has 118 valence electrons. The third-order valence-corrected chi connectivity index (χ3v) is 4.45. The number of benzene rings is 1. The summed E-state index contributed by atoms with van der Waals surface area (Å²) < 4.78 is 22.8. The van der Waals surface area contributed by atoms with Gasteiger partial charge in [0.25, 0.3) is 0 Å². The van der Waals surface area contributed by atoms with Crippen molar-refractivity contribution in [2.24, 2.45) is 4.99 Å². The molecule has 2 rings (SSSR count). The normalized spacial score (nSPS) is 12.0. The summed E-state index contributed by atoms with van der Waals surface area (Å²) in [7, 11) is -3.21. The van der Waals surface area contributed by atoms with E-state index in [1.54, 1.807) is 18.3 Å². The number of aromatic amines is 1. The van der Waals surface area contributed by atoms with Crippen LogP contribution in [0.25, 0.3) is 0 Å². The molecular weight excluding hydrogens is 298 g/mol. The largest absolute Gasteiger partial charge is 0.372 e. The average Bonchev–Trinajstić information content (AvgIpc) is 2.97. The Morgan fingerprint density at radius 1 is 1.09 bits per heavy atom. The number of aliphatic imine (C=N–C) groups is 1. The average molecular weight is 319 g/mol. The quantitative estimate of drug-likeness (QED) is 0.832. The van der Waals surface area contributed by atoms with Gasteiger partial charge in [-0.25, -0.2) is 8.42 Å². The Morgan fingerprint density at radius 2 is 1.73 bits per heavy atom. The fraction of sp³-hybridized carbons (Fsp3) is 0.312. The second kappa shape index (κ2) is 6.79. The molecule has 22 heavy (non-hydrogen) atoms. The smallest absolute Gasteiger partial charge is 0.190 e. The third kappa shape index (κ3) is 3.98. The van der Waals surface area contributed by atoms with Gasteiger partial charge in [-0.2, -0.15) is 0 Å². The lowest BCUT2D eigenvalue weighted by atomic mass is 10.2. The number of sulfone groups is 1. The molecule has 2 aromatic rings. The highest BCUT2D eigenvalue weighted by molar-refractivity contribution is 7.90. The van der Waals surface area contributed by atoms with E-state index in [4.69, 9.17) is 0 Å². The van der Waals surface area contributed by atoms with Crippen LogP contribution in [-0.4, -0.2) is 39.0 Å².